The first-order chi connectivity index (χ1) is 15.2. The summed E-state index contributed by atoms with van der Waals surface area (Å²) >= 11 is 11.9. The topological polar surface area (TPSA) is 93.7 Å². The number of halogens is 2. The zero-order valence-corrected chi connectivity index (χ0v) is 20.0. The van der Waals surface area contributed by atoms with Crippen molar-refractivity contribution in [1.82, 2.24) is 5.32 Å². The first-order valence-corrected chi connectivity index (χ1v) is 9.83. The highest BCUT2D eigenvalue weighted by Gasteiger charge is 2.17. The van der Waals surface area contributed by atoms with Gasteiger partial charge in [0, 0.05) is 12.7 Å². The van der Waals surface area contributed by atoms with Crippen LogP contribution in [-0.4, -0.2) is 38.2 Å². The molecule has 2 rings (SSSR count). The fraction of sp³-hybridized carbons (Fsp3) is 0.217. The molecule has 0 aliphatic rings. The highest BCUT2D eigenvalue weighted by atomic mass is 35.5. The van der Waals surface area contributed by atoms with Crippen LogP contribution in [0.15, 0.2) is 62.2 Å². The molecule has 2 N–H and O–H groups in total. The lowest BCUT2D eigenvalue weighted by Crippen LogP contribution is -2.30. The fourth-order valence-corrected chi connectivity index (χ4v) is 2.14. The van der Waals surface area contributed by atoms with Gasteiger partial charge in [0.15, 0.2) is 6.10 Å². The number of carbonyl (C=O) groups excluding carboxylic acids is 3. The maximum atomic E-state index is 12.1. The first kappa shape index (κ1) is 30.9. The molecule has 0 aliphatic heterocycles. The third-order valence-electron chi connectivity index (χ3n) is 3.30. The van der Waals surface area contributed by atoms with Crippen molar-refractivity contribution in [3.05, 3.63) is 77.8 Å². The van der Waals surface area contributed by atoms with Crippen LogP contribution in [0, 0.1) is 6.92 Å². The normalized spacial score (nSPS) is 9.44. The van der Waals surface area contributed by atoms with E-state index in [2.05, 4.69) is 35.1 Å². The van der Waals surface area contributed by atoms with E-state index in [1.807, 2.05) is 31.2 Å². The van der Waals surface area contributed by atoms with E-state index in [1.165, 1.54) is 20.1 Å². The molecule has 2 aromatic carbocycles. The van der Waals surface area contributed by atoms with Crippen molar-refractivity contribution in [3.63, 3.8) is 0 Å². The Kier molecular flexibility index (Phi) is 17.9. The number of anilines is 1. The van der Waals surface area contributed by atoms with Gasteiger partial charge in [-0.05, 0) is 44.7 Å². The quantitative estimate of drug-likeness (QED) is 0.443. The molecule has 2 amide bonds. The molecular weight excluding hydrogens is 455 g/mol. The van der Waals surface area contributed by atoms with E-state index in [0.717, 1.165) is 11.3 Å². The summed E-state index contributed by atoms with van der Waals surface area (Å²) in [6, 6.07) is 12.6. The number of alkyl carbamates (subject to hydrolysis) is 1. The molecule has 0 heterocycles. The molecule has 0 saturated carbocycles. The molecule has 0 radical (unpaired) electrons. The summed E-state index contributed by atoms with van der Waals surface area (Å²) in [5, 5.41) is 5.73. The molecule has 0 unspecified atom stereocenters. The largest absolute Gasteiger partial charge is 0.479 e. The summed E-state index contributed by atoms with van der Waals surface area (Å²) in [5.41, 5.74) is 1.85. The Balaban J connectivity index is 0. The average Bonchev–Trinajstić information content (AvgIpc) is 2.80. The number of carbonyl (C=O) groups is 2. The summed E-state index contributed by atoms with van der Waals surface area (Å²) < 4.78 is 9.70. The lowest BCUT2D eigenvalue weighted by atomic mass is 10.2. The minimum Gasteiger partial charge on any atom is -0.479 e. The smallest absolute Gasteiger partial charge is 0.406 e. The molecule has 0 aromatic heterocycles. The summed E-state index contributed by atoms with van der Waals surface area (Å²) in [6.07, 6.45) is -1.10. The molecule has 0 spiro atoms. The van der Waals surface area contributed by atoms with Gasteiger partial charge >= 0.3 is 6.09 Å². The lowest BCUT2D eigenvalue weighted by Gasteiger charge is -2.16. The summed E-state index contributed by atoms with van der Waals surface area (Å²) in [4.78, 5) is 30.5. The van der Waals surface area contributed by atoms with E-state index < -0.39 is 12.2 Å². The van der Waals surface area contributed by atoms with Crippen LogP contribution in [-0.2, 0) is 14.3 Å². The van der Waals surface area contributed by atoms with E-state index in [0.29, 0.717) is 15.8 Å². The zero-order chi connectivity index (χ0) is 25.1. The predicted octanol–water partition coefficient (Wildman–Crippen LogP) is 5.49. The molecule has 9 heteroatoms. The van der Waals surface area contributed by atoms with Crippen LogP contribution in [0.5, 0.6) is 5.75 Å². The Hall–Kier alpha value is -3.25. The van der Waals surface area contributed by atoms with Crippen molar-refractivity contribution in [3.8, 4) is 5.75 Å². The molecule has 174 valence electrons. The van der Waals surface area contributed by atoms with E-state index in [4.69, 9.17) is 32.7 Å². The molecule has 0 bridgehead atoms. The second-order valence-electron chi connectivity index (χ2n) is 5.55. The lowest BCUT2D eigenvalue weighted by molar-refractivity contribution is -0.122. The predicted molar refractivity (Wildman–Crippen MR) is 130 cm³/mol. The number of rotatable bonds is 4. The summed E-state index contributed by atoms with van der Waals surface area (Å²) in [5.74, 6) is 1.38. The first-order valence-electron chi connectivity index (χ1n) is 9.08. The van der Waals surface area contributed by atoms with Gasteiger partial charge in [-0.15, -0.1) is 13.2 Å². The van der Waals surface area contributed by atoms with Crippen molar-refractivity contribution in [2.45, 2.75) is 20.0 Å². The molecule has 32 heavy (non-hydrogen) atoms. The molecular formula is C23H28Cl2N2O5. The standard InChI is InChI=1S/C16H15Cl2NO2.C3H7NO2.C2H2O.C2H4/c1-10-6-8-12(9-7-10)19-16(20)11(2)21-14-5-3-4-13(17)15(14)18;1-4-3(5)6-2;1-2-3;1-2/h3-9,11H,1-2H3,(H,19,20);1-2H3,(H,4,5);1H2;1-2H2/t11-;;;/m1.../s1. The minimum absolute atomic E-state index is 0.255. The van der Waals surface area contributed by atoms with Crippen LogP contribution >= 0.6 is 23.2 Å². The average molecular weight is 483 g/mol. The van der Waals surface area contributed by atoms with Gasteiger partial charge in [0.25, 0.3) is 5.91 Å². The Morgan fingerprint density at radius 3 is 2.06 bits per heavy atom. The van der Waals surface area contributed by atoms with E-state index >= 15 is 0 Å². The van der Waals surface area contributed by atoms with Crippen LogP contribution in [0.3, 0.4) is 0 Å². The molecule has 0 saturated heterocycles. The Morgan fingerprint density at radius 1 is 1.09 bits per heavy atom. The van der Waals surface area contributed by atoms with Gasteiger partial charge in [0.05, 0.1) is 12.1 Å². The fourth-order valence-electron chi connectivity index (χ4n) is 1.80. The minimum atomic E-state index is -0.692. The van der Waals surface area contributed by atoms with E-state index in [-0.39, 0.29) is 5.91 Å². The number of nitrogens with one attached hydrogen (secondary N) is 2. The zero-order valence-electron chi connectivity index (χ0n) is 18.5. The van der Waals surface area contributed by atoms with Gasteiger partial charge in [-0.2, -0.15) is 0 Å². The third kappa shape index (κ3) is 13.1. The van der Waals surface area contributed by atoms with Gasteiger partial charge in [-0.25, -0.2) is 9.59 Å². The van der Waals surface area contributed by atoms with Gasteiger partial charge in [-0.1, -0.05) is 47.0 Å². The van der Waals surface area contributed by atoms with Crippen molar-refractivity contribution in [2.24, 2.45) is 0 Å². The van der Waals surface area contributed by atoms with Gasteiger partial charge < -0.3 is 20.1 Å². The van der Waals surface area contributed by atoms with Gasteiger partial charge in [-0.3, -0.25) is 4.79 Å². The van der Waals surface area contributed by atoms with Crippen LogP contribution in [0.4, 0.5) is 10.5 Å². The van der Waals surface area contributed by atoms with Crippen molar-refractivity contribution < 1.29 is 23.9 Å². The number of amides is 2. The number of methoxy groups -OCH3 is 1. The third-order valence-corrected chi connectivity index (χ3v) is 4.10. The number of benzene rings is 2. The molecule has 0 aliphatic carbocycles. The highest BCUT2D eigenvalue weighted by molar-refractivity contribution is 6.42. The number of aryl methyl sites for hydroxylation is 1. The van der Waals surface area contributed by atoms with Crippen LogP contribution < -0.4 is 15.4 Å². The molecule has 2 aromatic rings. The maximum absolute atomic E-state index is 12.1. The van der Waals surface area contributed by atoms with Crippen molar-refractivity contribution in [2.75, 3.05) is 19.5 Å². The number of hydrogen-bond donors (Lipinski definition) is 2. The van der Waals surface area contributed by atoms with Crippen molar-refractivity contribution >= 4 is 46.8 Å². The van der Waals surface area contributed by atoms with Gasteiger partial charge in [0.2, 0.25) is 0 Å². The Morgan fingerprint density at radius 2 is 1.62 bits per heavy atom. The molecule has 7 nitrogen and oxygen atoms in total. The number of ether oxygens (including phenoxy) is 2. The van der Waals surface area contributed by atoms with Crippen LogP contribution in [0.2, 0.25) is 10.0 Å². The maximum Gasteiger partial charge on any atom is 0.406 e. The SMILES string of the molecule is C=C.C=C=O.CNC(=O)OC.Cc1ccc(NC(=O)[C@@H](C)Oc2cccc(Cl)c2Cl)cc1. The van der Waals surface area contributed by atoms with E-state index in [9.17, 15) is 9.59 Å². The Labute approximate surface area is 199 Å². The summed E-state index contributed by atoms with van der Waals surface area (Å²) in [6.45, 7) is 12.3. The van der Waals surface area contributed by atoms with Crippen molar-refractivity contribution in [1.29, 1.82) is 0 Å². The summed E-state index contributed by atoms with van der Waals surface area (Å²) in [7, 11) is 2.82. The monoisotopic (exact) mass is 482 g/mol. The molecule has 1 atom stereocenters. The van der Waals surface area contributed by atoms with E-state index in [1.54, 1.807) is 25.1 Å². The van der Waals surface area contributed by atoms with Crippen LogP contribution in [0.1, 0.15) is 12.5 Å². The molecule has 0 fully saturated rings. The van der Waals surface area contributed by atoms with Gasteiger partial charge in [0.1, 0.15) is 16.7 Å². The highest BCUT2D eigenvalue weighted by Crippen LogP contribution is 2.32. The second-order valence-corrected chi connectivity index (χ2v) is 6.34. The Bertz CT molecular complexity index is 861. The number of hydrogen-bond acceptors (Lipinski definition) is 5. The second kappa shape index (κ2) is 18.5. The van der Waals surface area contributed by atoms with Crippen LogP contribution in [0.25, 0.3) is 0 Å².